The second-order valence-corrected chi connectivity index (χ2v) is 5.48. The SMILES string of the molecule is C1CCCCC1.C=CC.Nc1ncccc1C1=NCCCN1. The highest BCUT2D eigenvalue weighted by Gasteiger charge is 2.09. The number of allylic oxidation sites excluding steroid dienone is 1. The van der Waals surface area contributed by atoms with Crippen molar-refractivity contribution in [1.82, 2.24) is 10.3 Å². The zero-order chi connectivity index (χ0) is 16.0. The smallest absolute Gasteiger partial charge is 0.134 e. The van der Waals surface area contributed by atoms with Crippen molar-refractivity contribution < 1.29 is 0 Å². The minimum Gasteiger partial charge on any atom is -0.383 e. The average Bonchev–Trinajstić information content (AvgIpc) is 2.59. The largest absolute Gasteiger partial charge is 0.383 e. The van der Waals surface area contributed by atoms with E-state index in [1.165, 1.54) is 38.5 Å². The van der Waals surface area contributed by atoms with Gasteiger partial charge in [-0.05, 0) is 25.5 Å². The summed E-state index contributed by atoms with van der Waals surface area (Å²) in [5.41, 5.74) is 6.62. The summed E-state index contributed by atoms with van der Waals surface area (Å²) in [6.07, 6.45) is 13.5. The Balaban J connectivity index is 0.000000224. The number of nitrogens with zero attached hydrogens (tertiary/aromatic N) is 2. The van der Waals surface area contributed by atoms with Crippen molar-refractivity contribution in [3.05, 3.63) is 36.5 Å². The average molecular weight is 302 g/mol. The van der Waals surface area contributed by atoms with E-state index >= 15 is 0 Å². The predicted octanol–water partition coefficient (Wildman–Crippen LogP) is 3.94. The summed E-state index contributed by atoms with van der Waals surface area (Å²) in [6, 6.07) is 3.80. The van der Waals surface area contributed by atoms with Crippen LogP contribution in [-0.4, -0.2) is 23.9 Å². The van der Waals surface area contributed by atoms with Gasteiger partial charge in [0.15, 0.2) is 0 Å². The van der Waals surface area contributed by atoms with Crippen molar-refractivity contribution >= 4 is 11.7 Å². The standard InChI is InChI=1S/C9H12N4.C6H12.C3H6/c10-8-7(3-1-4-11-8)9-12-5-2-6-13-9;1-2-4-6-5-3-1;1-3-2/h1,3-4H,2,5-6H2,(H2,10,11)(H,12,13);1-6H2;3H,1H2,2H3. The Labute approximate surface area is 134 Å². The topological polar surface area (TPSA) is 63.3 Å². The van der Waals surface area contributed by atoms with Crippen molar-refractivity contribution in [1.29, 1.82) is 0 Å². The van der Waals surface area contributed by atoms with Crippen molar-refractivity contribution in [2.24, 2.45) is 4.99 Å². The minimum atomic E-state index is 0.538. The first-order valence-electron chi connectivity index (χ1n) is 8.35. The van der Waals surface area contributed by atoms with Crippen LogP contribution in [0.25, 0.3) is 0 Å². The summed E-state index contributed by atoms with van der Waals surface area (Å²) in [5, 5.41) is 3.21. The van der Waals surface area contributed by atoms with E-state index in [9.17, 15) is 0 Å². The van der Waals surface area contributed by atoms with Gasteiger partial charge in [0.05, 0.1) is 5.56 Å². The summed E-state index contributed by atoms with van der Waals surface area (Å²) >= 11 is 0. The van der Waals surface area contributed by atoms with Gasteiger partial charge in [0.1, 0.15) is 11.7 Å². The van der Waals surface area contributed by atoms with Gasteiger partial charge in [0.25, 0.3) is 0 Å². The fraction of sp³-hybridized carbons (Fsp3) is 0.556. The van der Waals surface area contributed by atoms with Crippen LogP contribution in [0.5, 0.6) is 0 Å². The quantitative estimate of drug-likeness (QED) is 0.772. The van der Waals surface area contributed by atoms with Gasteiger partial charge in [-0.1, -0.05) is 44.6 Å². The molecule has 4 heteroatoms. The Kier molecular flexibility index (Phi) is 9.75. The maximum atomic E-state index is 5.72. The van der Waals surface area contributed by atoms with Crippen LogP contribution in [-0.2, 0) is 0 Å². The third kappa shape index (κ3) is 7.25. The fourth-order valence-electron chi connectivity index (χ4n) is 2.39. The number of amidine groups is 1. The molecule has 2 heterocycles. The van der Waals surface area contributed by atoms with E-state index in [2.05, 4.69) is 21.9 Å². The molecular formula is C18H30N4. The molecule has 0 atom stereocenters. The molecule has 1 saturated carbocycles. The summed E-state index contributed by atoms with van der Waals surface area (Å²) < 4.78 is 0. The number of pyridine rings is 1. The lowest BCUT2D eigenvalue weighted by Crippen LogP contribution is -2.30. The molecule has 3 rings (SSSR count). The lowest BCUT2D eigenvalue weighted by atomic mass is 10.0. The maximum Gasteiger partial charge on any atom is 0.134 e. The highest BCUT2D eigenvalue weighted by atomic mass is 15.0. The van der Waals surface area contributed by atoms with Gasteiger partial charge in [-0.3, -0.25) is 4.99 Å². The summed E-state index contributed by atoms with van der Waals surface area (Å²) in [6.45, 7) is 7.09. The van der Waals surface area contributed by atoms with Crippen LogP contribution in [0.4, 0.5) is 5.82 Å². The summed E-state index contributed by atoms with van der Waals surface area (Å²) in [7, 11) is 0. The van der Waals surface area contributed by atoms with Gasteiger partial charge < -0.3 is 11.1 Å². The molecule has 2 aliphatic rings. The van der Waals surface area contributed by atoms with E-state index in [0.29, 0.717) is 5.82 Å². The van der Waals surface area contributed by atoms with Crippen molar-refractivity contribution in [3.63, 3.8) is 0 Å². The third-order valence-electron chi connectivity index (χ3n) is 3.49. The van der Waals surface area contributed by atoms with Gasteiger partial charge in [-0.15, -0.1) is 6.58 Å². The summed E-state index contributed by atoms with van der Waals surface area (Å²) in [5.74, 6) is 1.41. The molecule has 22 heavy (non-hydrogen) atoms. The number of aromatic nitrogens is 1. The van der Waals surface area contributed by atoms with Gasteiger partial charge in [0.2, 0.25) is 0 Å². The molecule has 0 radical (unpaired) electrons. The molecule has 0 bridgehead atoms. The van der Waals surface area contributed by atoms with Crippen LogP contribution in [0, 0.1) is 0 Å². The molecule has 3 N–H and O–H groups in total. The molecule has 0 amide bonds. The number of hydrogen-bond donors (Lipinski definition) is 2. The van der Waals surface area contributed by atoms with Crippen molar-refractivity contribution in [2.75, 3.05) is 18.8 Å². The number of aliphatic imine (C=N–C) groups is 1. The van der Waals surface area contributed by atoms with Crippen LogP contribution in [0.3, 0.4) is 0 Å². The first-order chi connectivity index (χ1) is 10.8. The molecule has 4 nitrogen and oxygen atoms in total. The predicted molar refractivity (Wildman–Crippen MR) is 96.2 cm³/mol. The Hall–Kier alpha value is -1.84. The molecule has 0 spiro atoms. The van der Waals surface area contributed by atoms with E-state index in [1.807, 2.05) is 19.1 Å². The van der Waals surface area contributed by atoms with E-state index in [-0.39, 0.29) is 0 Å². The van der Waals surface area contributed by atoms with Crippen LogP contribution in [0.15, 0.2) is 36.0 Å². The zero-order valence-corrected chi connectivity index (χ0v) is 13.9. The summed E-state index contributed by atoms with van der Waals surface area (Å²) in [4.78, 5) is 8.36. The molecule has 122 valence electrons. The Morgan fingerprint density at radius 3 is 2.18 bits per heavy atom. The lowest BCUT2D eigenvalue weighted by molar-refractivity contribution is 0.504. The number of rotatable bonds is 1. The number of hydrogen-bond acceptors (Lipinski definition) is 4. The van der Waals surface area contributed by atoms with Gasteiger partial charge >= 0.3 is 0 Å². The second kappa shape index (κ2) is 11.8. The van der Waals surface area contributed by atoms with Crippen LogP contribution < -0.4 is 11.1 Å². The third-order valence-corrected chi connectivity index (χ3v) is 3.49. The first-order valence-corrected chi connectivity index (χ1v) is 8.35. The molecule has 0 aromatic carbocycles. The van der Waals surface area contributed by atoms with Gasteiger partial charge in [0, 0.05) is 19.3 Å². The molecule has 1 aliphatic carbocycles. The van der Waals surface area contributed by atoms with E-state index in [1.54, 1.807) is 12.3 Å². The highest BCUT2D eigenvalue weighted by Crippen LogP contribution is 2.15. The monoisotopic (exact) mass is 302 g/mol. The molecule has 1 aromatic heterocycles. The molecule has 1 aromatic rings. The minimum absolute atomic E-state index is 0.538. The number of nitrogen functional groups attached to an aromatic ring is 1. The Morgan fingerprint density at radius 1 is 1.14 bits per heavy atom. The van der Waals surface area contributed by atoms with E-state index < -0.39 is 0 Å². The molecular weight excluding hydrogens is 272 g/mol. The lowest BCUT2D eigenvalue weighted by Gasteiger charge is -2.15. The normalized spacial score (nSPS) is 16.7. The Bertz CT molecular complexity index is 439. The highest BCUT2D eigenvalue weighted by molar-refractivity contribution is 6.02. The van der Waals surface area contributed by atoms with Crippen molar-refractivity contribution in [3.8, 4) is 0 Å². The molecule has 0 saturated heterocycles. The van der Waals surface area contributed by atoms with Crippen LogP contribution in [0.2, 0.25) is 0 Å². The molecule has 1 fully saturated rings. The number of anilines is 1. The van der Waals surface area contributed by atoms with Crippen LogP contribution >= 0.6 is 0 Å². The van der Waals surface area contributed by atoms with E-state index in [0.717, 1.165) is 30.9 Å². The second-order valence-electron chi connectivity index (χ2n) is 5.48. The van der Waals surface area contributed by atoms with Gasteiger partial charge in [-0.25, -0.2) is 4.98 Å². The number of nitrogens with one attached hydrogen (secondary N) is 1. The number of nitrogens with two attached hydrogens (primary N) is 1. The zero-order valence-electron chi connectivity index (χ0n) is 13.9. The van der Waals surface area contributed by atoms with Crippen molar-refractivity contribution in [2.45, 2.75) is 51.9 Å². The maximum absolute atomic E-state index is 5.72. The Morgan fingerprint density at radius 2 is 1.73 bits per heavy atom. The molecule has 0 unspecified atom stereocenters. The fourth-order valence-corrected chi connectivity index (χ4v) is 2.39. The van der Waals surface area contributed by atoms with E-state index in [4.69, 9.17) is 5.73 Å². The van der Waals surface area contributed by atoms with Gasteiger partial charge in [-0.2, -0.15) is 0 Å². The van der Waals surface area contributed by atoms with Crippen LogP contribution in [0.1, 0.15) is 57.4 Å². The first kappa shape index (κ1) is 18.2. The molecule has 1 aliphatic heterocycles.